The lowest BCUT2D eigenvalue weighted by Crippen LogP contribution is -2.35. The van der Waals surface area contributed by atoms with E-state index < -0.39 is 0 Å². The molecule has 4 heteroatoms. The number of nitrogen functional groups attached to an aromatic ring is 1. The molecule has 0 bridgehead atoms. The summed E-state index contributed by atoms with van der Waals surface area (Å²) in [6, 6.07) is 6.18. The van der Waals surface area contributed by atoms with Crippen LogP contribution < -0.4 is 11.1 Å². The molecule has 2 unspecified atom stereocenters. The molecule has 0 spiro atoms. The summed E-state index contributed by atoms with van der Waals surface area (Å²) < 4.78 is 0. The van der Waals surface area contributed by atoms with Crippen molar-refractivity contribution in [2.24, 2.45) is 5.92 Å². The highest BCUT2D eigenvalue weighted by Gasteiger charge is 2.23. The first-order valence-corrected chi connectivity index (χ1v) is 8.19. The van der Waals surface area contributed by atoms with Gasteiger partial charge >= 0.3 is 0 Å². The standard InChI is InChI=1S/C15H22N2OS/c1-10(9-19-2)15(18)17-14-5-3-4-11-8-12(16)6-7-13(11)14/h6-8,10,14H,3-5,9,16H2,1-2H3,(H,17,18). The molecule has 19 heavy (non-hydrogen) atoms. The van der Waals surface area contributed by atoms with E-state index in [1.807, 2.05) is 25.3 Å². The molecule has 0 aromatic heterocycles. The number of rotatable bonds is 4. The maximum Gasteiger partial charge on any atom is 0.224 e. The molecule has 2 atom stereocenters. The van der Waals surface area contributed by atoms with Crippen LogP contribution in [0.4, 0.5) is 5.69 Å². The summed E-state index contributed by atoms with van der Waals surface area (Å²) in [5.41, 5.74) is 9.16. The summed E-state index contributed by atoms with van der Waals surface area (Å²) >= 11 is 1.71. The molecule has 3 N–H and O–H groups in total. The molecule has 0 aliphatic heterocycles. The Balaban J connectivity index is 2.09. The first-order valence-electron chi connectivity index (χ1n) is 6.79. The zero-order chi connectivity index (χ0) is 13.8. The molecular formula is C15H22N2OS. The number of hydrogen-bond donors (Lipinski definition) is 2. The van der Waals surface area contributed by atoms with E-state index >= 15 is 0 Å². The normalized spacial score (nSPS) is 19.6. The highest BCUT2D eigenvalue weighted by Crippen LogP contribution is 2.31. The van der Waals surface area contributed by atoms with Crippen molar-refractivity contribution < 1.29 is 4.79 Å². The monoisotopic (exact) mass is 278 g/mol. The Morgan fingerprint density at radius 1 is 1.58 bits per heavy atom. The summed E-state index contributed by atoms with van der Waals surface area (Å²) in [7, 11) is 0. The van der Waals surface area contributed by atoms with E-state index in [0.717, 1.165) is 30.7 Å². The first kappa shape index (κ1) is 14.3. The van der Waals surface area contributed by atoms with E-state index in [-0.39, 0.29) is 17.9 Å². The minimum atomic E-state index is 0.0640. The van der Waals surface area contributed by atoms with Crippen LogP contribution in [0.25, 0.3) is 0 Å². The van der Waals surface area contributed by atoms with Gasteiger partial charge in [-0.05, 0) is 48.8 Å². The Hall–Kier alpha value is -1.16. The van der Waals surface area contributed by atoms with Crippen molar-refractivity contribution in [2.75, 3.05) is 17.7 Å². The van der Waals surface area contributed by atoms with Gasteiger partial charge in [0.25, 0.3) is 0 Å². The van der Waals surface area contributed by atoms with Gasteiger partial charge in [-0.25, -0.2) is 0 Å². The second-order valence-corrected chi connectivity index (χ2v) is 6.18. The van der Waals surface area contributed by atoms with Gasteiger partial charge in [-0.2, -0.15) is 11.8 Å². The van der Waals surface area contributed by atoms with Gasteiger partial charge in [-0.3, -0.25) is 4.79 Å². The lowest BCUT2D eigenvalue weighted by atomic mass is 9.87. The molecule has 1 aromatic carbocycles. The lowest BCUT2D eigenvalue weighted by molar-refractivity contribution is -0.124. The zero-order valence-electron chi connectivity index (χ0n) is 11.6. The number of fused-ring (bicyclic) bond motifs is 1. The van der Waals surface area contributed by atoms with Crippen molar-refractivity contribution in [1.82, 2.24) is 5.32 Å². The average Bonchev–Trinajstić information content (AvgIpc) is 2.38. The van der Waals surface area contributed by atoms with Gasteiger partial charge in [0.2, 0.25) is 5.91 Å². The summed E-state index contributed by atoms with van der Waals surface area (Å²) in [6.45, 7) is 1.98. The fourth-order valence-corrected chi connectivity index (χ4v) is 3.28. The van der Waals surface area contributed by atoms with Crippen molar-refractivity contribution in [2.45, 2.75) is 32.2 Å². The van der Waals surface area contributed by atoms with E-state index in [1.54, 1.807) is 11.8 Å². The number of hydrogen-bond acceptors (Lipinski definition) is 3. The Kier molecular flexibility index (Phi) is 4.75. The van der Waals surface area contributed by atoms with E-state index in [0.29, 0.717) is 0 Å². The van der Waals surface area contributed by atoms with Crippen LogP contribution in [0.2, 0.25) is 0 Å². The number of carbonyl (C=O) groups excluding carboxylic acids is 1. The highest BCUT2D eigenvalue weighted by atomic mass is 32.2. The molecule has 3 nitrogen and oxygen atoms in total. The topological polar surface area (TPSA) is 55.1 Å². The molecular weight excluding hydrogens is 256 g/mol. The number of anilines is 1. The SMILES string of the molecule is CSCC(C)C(=O)NC1CCCc2cc(N)ccc21. The molecule has 0 fully saturated rings. The van der Waals surface area contributed by atoms with Crippen molar-refractivity contribution in [3.05, 3.63) is 29.3 Å². The Labute approximate surface area is 119 Å². The van der Waals surface area contributed by atoms with Crippen LogP contribution in [0.3, 0.4) is 0 Å². The number of amides is 1. The Morgan fingerprint density at radius 2 is 2.37 bits per heavy atom. The predicted molar refractivity (Wildman–Crippen MR) is 82.2 cm³/mol. The predicted octanol–water partition coefficient (Wildman–Crippen LogP) is 2.76. The molecule has 1 aliphatic carbocycles. The van der Waals surface area contributed by atoms with Crippen LogP contribution in [0.1, 0.15) is 36.9 Å². The summed E-state index contributed by atoms with van der Waals surface area (Å²) in [4.78, 5) is 12.1. The summed E-state index contributed by atoms with van der Waals surface area (Å²) in [5.74, 6) is 1.09. The smallest absolute Gasteiger partial charge is 0.224 e. The number of benzene rings is 1. The first-order chi connectivity index (χ1) is 9.11. The van der Waals surface area contributed by atoms with Gasteiger partial charge < -0.3 is 11.1 Å². The number of aryl methyl sites for hydroxylation is 1. The van der Waals surface area contributed by atoms with Gasteiger partial charge in [-0.1, -0.05) is 13.0 Å². The van der Waals surface area contributed by atoms with Crippen LogP contribution in [-0.4, -0.2) is 17.9 Å². The molecule has 104 valence electrons. The van der Waals surface area contributed by atoms with Gasteiger partial charge in [0.05, 0.1) is 6.04 Å². The van der Waals surface area contributed by atoms with Crippen molar-refractivity contribution in [1.29, 1.82) is 0 Å². The van der Waals surface area contributed by atoms with Crippen LogP contribution in [-0.2, 0) is 11.2 Å². The highest BCUT2D eigenvalue weighted by molar-refractivity contribution is 7.98. The van der Waals surface area contributed by atoms with Crippen molar-refractivity contribution in [3.8, 4) is 0 Å². The van der Waals surface area contributed by atoms with E-state index in [2.05, 4.69) is 11.4 Å². The van der Waals surface area contributed by atoms with Crippen molar-refractivity contribution >= 4 is 23.4 Å². The summed E-state index contributed by atoms with van der Waals surface area (Å²) in [6.07, 6.45) is 5.22. The van der Waals surface area contributed by atoms with Crippen LogP contribution in [0.5, 0.6) is 0 Å². The Morgan fingerprint density at radius 3 is 3.11 bits per heavy atom. The number of carbonyl (C=O) groups is 1. The number of nitrogens with one attached hydrogen (secondary N) is 1. The van der Waals surface area contributed by atoms with Gasteiger partial charge in [0.1, 0.15) is 0 Å². The Bertz CT molecular complexity index is 461. The van der Waals surface area contributed by atoms with Gasteiger partial charge in [-0.15, -0.1) is 0 Å². The number of nitrogens with two attached hydrogens (primary N) is 1. The molecule has 1 aromatic rings. The van der Waals surface area contributed by atoms with E-state index in [9.17, 15) is 4.79 Å². The fourth-order valence-electron chi connectivity index (χ4n) is 2.62. The molecule has 2 rings (SSSR count). The molecule has 1 amide bonds. The minimum Gasteiger partial charge on any atom is -0.399 e. The maximum atomic E-state index is 12.1. The second kappa shape index (κ2) is 6.33. The lowest BCUT2D eigenvalue weighted by Gasteiger charge is -2.27. The third-order valence-electron chi connectivity index (χ3n) is 3.66. The van der Waals surface area contributed by atoms with Gasteiger partial charge in [0.15, 0.2) is 0 Å². The third-order valence-corrected chi connectivity index (χ3v) is 4.50. The molecule has 0 radical (unpaired) electrons. The van der Waals surface area contributed by atoms with Crippen molar-refractivity contribution in [3.63, 3.8) is 0 Å². The second-order valence-electron chi connectivity index (χ2n) is 5.27. The third kappa shape index (κ3) is 3.44. The minimum absolute atomic E-state index is 0.0640. The van der Waals surface area contributed by atoms with Gasteiger partial charge in [0, 0.05) is 17.4 Å². The largest absolute Gasteiger partial charge is 0.399 e. The quantitative estimate of drug-likeness (QED) is 0.833. The molecule has 0 saturated carbocycles. The molecule has 0 heterocycles. The maximum absolute atomic E-state index is 12.1. The zero-order valence-corrected chi connectivity index (χ0v) is 12.4. The average molecular weight is 278 g/mol. The van der Waals surface area contributed by atoms with Crippen LogP contribution >= 0.6 is 11.8 Å². The number of thioether (sulfide) groups is 1. The summed E-state index contributed by atoms with van der Waals surface area (Å²) in [5, 5.41) is 3.19. The molecule has 1 aliphatic rings. The van der Waals surface area contributed by atoms with Crippen LogP contribution in [0.15, 0.2) is 18.2 Å². The molecule has 0 saturated heterocycles. The van der Waals surface area contributed by atoms with E-state index in [1.165, 1.54) is 11.1 Å². The fraction of sp³-hybridized carbons (Fsp3) is 0.533. The van der Waals surface area contributed by atoms with Crippen LogP contribution in [0, 0.1) is 5.92 Å². The van der Waals surface area contributed by atoms with E-state index in [4.69, 9.17) is 5.73 Å².